The minimum Gasteiger partial charge on any atom is -0.345 e. The molecule has 59 heavy (non-hydrogen) atoms. The average molecular weight is 840 g/mol. The van der Waals surface area contributed by atoms with E-state index < -0.39 is 44.9 Å². The molecule has 0 unspecified atom stereocenters. The van der Waals surface area contributed by atoms with E-state index in [-0.39, 0.29) is 76.4 Å². The van der Waals surface area contributed by atoms with Gasteiger partial charge in [0.25, 0.3) is 0 Å². The van der Waals surface area contributed by atoms with E-state index in [0.29, 0.717) is 32.5 Å². The molecule has 0 aromatic heterocycles. The van der Waals surface area contributed by atoms with Crippen molar-refractivity contribution in [1.82, 2.24) is 24.1 Å². The van der Waals surface area contributed by atoms with Crippen molar-refractivity contribution in [2.45, 2.75) is 175 Å². The fraction of sp³-hybridized carbons (Fsp3) is 0.848. The number of ketones is 2. The summed E-state index contributed by atoms with van der Waals surface area (Å²) in [6.07, 6.45) is 13.4. The first kappa shape index (κ1) is 44.4. The quantitative estimate of drug-likeness (QED) is 0.192. The smallest absolute Gasteiger partial charge is 0.303 e. The summed E-state index contributed by atoms with van der Waals surface area (Å²) >= 11 is 0. The fourth-order valence-electron chi connectivity index (χ4n) is 13.1. The van der Waals surface area contributed by atoms with Crippen LogP contribution in [0.15, 0.2) is 12.7 Å². The molecular weight excluding hydrogens is 767 g/mol. The predicted molar refractivity (Wildman–Crippen MR) is 227 cm³/mol. The molecular formula is C46H73N5O7S. The van der Waals surface area contributed by atoms with E-state index >= 15 is 4.79 Å². The normalized spacial score (nSPS) is 32.8. The van der Waals surface area contributed by atoms with Crippen LogP contribution in [0.4, 0.5) is 0 Å². The molecule has 7 rings (SSSR count). The number of likely N-dealkylation sites (tertiary alicyclic amines) is 2. The van der Waals surface area contributed by atoms with Crippen LogP contribution in [0.3, 0.4) is 0 Å². The number of nitrogens with zero attached hydrogens (tertiary/aromatic N) is 3. The number of nitrogens with one attached hydrogen (secondary N) is 2. The molecule has 7 atom stereocenters. The molecule has 0 aromatic rings. The average Bonchev–Trinajstić information content (AvgIpc) is 3.59. The third kappa shape index (κ3) is 7.56. The Balaban J connectivity index is 1.15. The van der Waals surface area contributed by atoms with Crippen LogP contribution in [-0.2, 0) is 34.2 Å². The van der Waals surface area contributed by atoms with Crippen molar-refractivity contribution in [3.05, 3.63) is 12.7 Å². The summed E-state index contributed by atoms with van der Waals surface area (Å²) in [5.41, 5.74) is -2.22. The van der Waals surface area contributed by atoms with Crippen LogP contribution < -0.4 is 10.0 Å². The largest absolute Gasteiger partial charge is 0.345 e. The van der Waals surface area contributed by atoms with Crippen LogP contribution in [0, 0.1) is 44.8 Å². The zero-order valence-corrected chi connectivity index (χ0v) is 37.9. The molecule has 2 spiro atoms. The summed E-state index contributed by atoms with van der Waals surface area (Å²) in [5.74, 6) is -2.45. The highest BCUT2D eigenvalue weighted by molar-refractivity contribution is 7.87. The van der Waals surface area contributed by atoms with Gasteiger partial charge in [0.15, 0.2) is 11.6 Å². The Bertz CT molecular complexity index is 1810. The molecule has 330 valence electrons. The van der Waals surface area contributed by atoms with Gasteiger partial charge in [-0.2, -0.15) is 12.7 Å². The molecule has 7 aliphatic rings. The van der Waals surface area contributed by atoms with Crippen molar-refractivity contribution < 1.29 is 32.4 Å². The maximum atomic E-state index is 15.4. The maximum Gasteiger partial charge on any atom is 0.303 e. The number of carbonyl (C=O) groups excluding carboxylic acids is 5. The van der Waals surface area contributed by atoms with Crippen LogP contribution in [-0.4, -0.2) is 102 Å². The van der Waals surface area contributed by atoms with Gasteiger partial charge in [-0.1, -0.05) is 66.4 Å². The number of hydrogen-bond acceptors (Lipinski definition) is 8. The lowest BCUT2D eigenvalue weighted by atomic mass is 9.73. The van der Waals surface area contributed by atoms with Gasteiger partial charge in [-0.25, -0.2) is 4.72 Å². The topological polar surface area (TPSA) is 153 Å². The number of fused-ring (bicyclic) bond motifs is 1. The first-order valence-electron chi connectivity index (χ1n) is 23.0. The van der Waals surface area contributed by atoms with Crippen LogP contribution >= 0.6 is 0 Å². The molecule has 0 bridgehead atoms. The van der Waals surface area contributed by atoms with Crippen molar-refractivity contribution in [2.75, 3.05) is 26.2 Å². The lowest BCUT2D eigenvalue weighted by Gasteiger charge is -2.37. The Morgan fingerprint density at radius 1 is 0.847 bits per heavy atom. The number of Topliss-reactive ketones (excluding diaryl/α,β-unsaturated/α-hetero) is 2. The molecule has 2 N–H and O–H groups in total. The van der Waals surface area contributed by atoms with E-state index in [0.717, 1.165) is 83.6 Å². The van der Waals surface area contributed by atoms with Gasteiger partial charge < -0.3 is 10.2 Å². The Morgan fingerprint density at radius 3 is 2.05 bits per heavy atom. The molecule has 3 amide bonds. The van der Waals surface area contributed by atoms with E-state index in [1.807, 2.05) is 20.8 Å². The van der Waals surface area contributed by atoms with Gasteiger partial charge in [0, 0.05) is 49.9 Å². The molecule has 12 nitrogen and oxygen atoms in total. The van der Waals surface area contributed by atoms with E-state index in [4.69, 9.17) is 0 Å². The van der Waals surface area contributed by atoms with Gasteiger partial charge in [0.05, 0.1) is 23.5 Å². The highest BCUT2D eigenvalue weighted by Crippen LogP contribution is 2.88. The van der Waals surface area contributed by atoms with Gasteiger partial charge in [-0.05, 0) is 113 Å². The maximum absolute atomic E-state index is 15.4. The highest BCUT2D eigenvalue weighted by atomic mass is 32.2. The number of rotatable bonds is 15. The molecule has 13 heteroatoms. The standard InChI is InChI=1S/C46H73N5O7S/c1-9-32-26-44(32,41(56)48-59(57,58)49-22-13-14-23-49)28-37(53)35-27-46(43(7,8)45(46)20-16-21-45)29-51(35)40(55)33(42(4,5)6)25-36(52)38(31-17-11-10-12-18-31)47-39(54)34-19-15-24-50(34)30(2)3/h9,30-35,38H,1,10-29H2,2-8H3,(H,47,54)(H,48,56)/t32-,33-,34-,35+,38+,44-,46-/m1/s1. The van der Waals surface area contributed by atoms with Crippen molar-refractivity contribution >= 4 is 39.5 Å². The SMILES string of the molecule is C=C[C@@H]1C[C@]1(CC(=O)[C@@H]1C[C@@]2(CN1C(=O)[C@@H](CC(=O)[C@@H](NC(=O)[C@H]1CCCN1C(C)C)C1CCCCC1)C(C)(C)C)C(C)(C)C21CCC1)C(=O)NS(=O)(=O)N1CCCC1. The van der Waals surface area contributed by atoms with Crippen molar-refractivity contribution in [2.24, 2.45) is 44.8 Å². The molecule has 0 aromatic carbocycles. The van der Waals surface area contributed by atoms with Crippen molar-refractivity contribution in [3.63, 3.8) is 0 Å². The molecule has 7 fully saturated rings. The Labute approximate surface area is 354 Å². The first-order chi connectivity index (χ1) is 27.7. The molecule has 0 radical (unpaired) electrons. The summed E-state index contributed by atoms with van der Waals surface area (Å²) in [6, 6.07) is -1.55. The monoisotopic (exact) mass is 840 g/mol. The predicted octanol–water partition coefficient (Wildman–Crippen LogP) is 5.95. The van der Waals surface area contributed by atoms with Gasteiger partial charge in [0.2, 0.25) is 17.7 Å². The Kier molecular flexibility index (Phi) is 12.0. The van der Waals surface area contributed by atoms with E-state index in [2.05, 4.69) is 49.2 Å². The third-order valence-electron chi connectivity index (χ3n) is 17.2. The molecule has 3 saturated heterocycles. The van der Waals surface area contributed by atoms with Crippen molar-refractivity contribution in [1.29, 1.82) is 0 Å². The number of hydrogen-bond donors (Lipinski definition) is 2. The second-order valence-electron chi connectivity index (χ2n) is 21.7. The van der Waals surface area contributed by atoms with Crippen LogP contribution in [0.25, 0.3) is 0 Å². The van der Waals surface area contributed by atoms with E-state index in [1.165, 1.54) is 4.31 Å². The zero-order chi connectivity index (χ0) is 42.9. The molecule has 4 saturated carbocycles. The highest BCUT2D eigenvalue weighted by Gasteiger charge is 2.85. The molecule has 3 heterocycles. The molecule has 4 aliphatic carbocycles. The van der Waals surface area contributed by atoms with Crippen LogP contribution in [0.2, 0.25) is 0 Å². The first-order valence-corrected chi connectivity index (χ1v) is 24.5. The minimum absolute atomic E-state index is 0.00732. The van der Waals surface area contributed by atoms with E-state index in [9.17, 15) is 27.6 Å². The van der Waals surface area contributed by atoms with Crippen LogP contribution in [0.5, 0.6) is 0 Å². The second kappa shape index (κ2) is 15.9. The third-order valence-corrected chi connectivity index (χ3v) is 18.7. The lowest BCUT2D eigenvalue weighted by molar-refractivity contribution is -0.147. The van der Waals surface area contributed by atoms with Gasteiger partial charge in [0.1, 0.15) is 0 Å². The molecule has 3 aliphatic heterocycles. The minimum atomic E-state index is -4.06. The summed E-state index contributed by atoms with van der Waals surface area (Å²) in [5, 5.41) is 3.25. The summed E-state index contributed by atoms with van der Waals surface area (Å²) < 4.78 is 30.0. The lowest BCUT2D eigenvalue weighted by Crippen LogP contribution is -2.54. The van der Waals surface area contributed by atoms with Gasteiger partial charge in [-0.3, -0.25) is 28.9 Å². The summed E-state index contributed by atoms with van der Waals surface area (Å²) in [4.78, 5) is 76.9. The second-order valence-corrected chi connectivity index (χ2v) is 23.4. The summed E-state index contributed by atoms with van der Waals surface area (Å²) in [7, 11) is -4.06. The Morgan fingerprint density at radius 2 is 1.51 bits per heavy atom. The van der Waals surface area contributed by atoms with Gasteiger partial charge in [-0.15, -0.1) is 6.58 Å². The number of allylic oxidation sites excluding steroid dienone is 1. The number of carbonyl (C=O) groups is 5. The Hall–Kier alpha value is -2.64. The zero-order valence-electron chi connectivity index (χ0n) is 37.1. The van der Waals surface area contributed by atoms with Crippen LogP contribution in [0.1, 0.15) is 151 Å². The summed E-state index contributed by atoms with van der Waals surface area (Å²) in [6.45, 7) is 20.5. The van der Waals surface area contributed by atoms with Crippen molar-refractivity contribution in [3.8, 4) is 0 Å². The van der Waals surface area contributed by atoms with Gasteiger partial charge >= 0.3 is 10.2 Å². The van der Waals surface area contributed by atoms with E-state index in [1.54, 1.807) is 11.0 Å². The number of amides is 3. The fourth-order valence-corrected chi connectivity index (χ4v) is 14.4.